The lowest BCUT2D eigenvalue weighted by Gasteiger charge is -2.19. The van der Waals surface area contributed by atoms with E-state index in [4.69, 9.17) is 11.6 Å². The maximum absolute atomic E-state index is 12.2. The summed E-state index contributed by atoms with van der Waals surface area (Å²) >= 11 is 10.5. The molecule has 1 heterocycles. The minimum absolute atomic E-state index is 0.220. The Balaban J connectivity index is 2.50. The van der Waals surface area contributed by atoms with Crippen molar-refractivity contribution in [1.29, 1.82) is 0 Å². The predicted octanol–water partition coefficient (Wildman–Crippen LogP) is 3.82. The average Bonchev–Trinajstić information content (AvgIpc) is 2.50. The lowest BCUT2D eigenvalue weighted by Crippen LogP contribution is -2.30. The van der Waals surface area contributed by atoms with Crippen LogP contribution in [0.2, 0.25) is 0 Å². The van der Waals surface area contributed by atoms with Crippen molar-refractivity contribution in [2.45, 2.75) is 13.0 Å². The van der Waals surface area contributed by atoms with Crippen LogP contribution in [0.5, 0.6) is 0 Å². The molecule has 0 fully saturated rings. The second-order valence-electron chi connectivity index (χ2n) is 3.02. The number of hydrogen-bond donors (Lipinski definition) is 0. The molecular weight excluding hydrogens is 308 g/mol. The molecule has 0 amide bonds. The Kier molecular flexibility index (Phi) is 6.04. The maximum Gasteiger partial charge on any atom is 0.251 e. The Hall–Kier alpha value is 0.290. The summed E-state index contributed by atoms with van der Waals surface area (Å²) in [7, 11) is 0. The summed E-state index contributed by atoms with van der Waals surface area (Å²) in [6, 6.07) is 3.85. The molecule has 86 valence electrons. The van der Waals surface area contributed by atoms with Gasteiger partial charge in [-0.1, -0.05) is 0 Å². The van der Waals surface area contributed by atoms with E-state index in [0.717, 1.165) is 8.66 Å². The summed E-state index contributed by atoms with van der Waals surface area (Å²) in [5.74, 6) is 0.374. The first-order valence-electron chi connectivity index (χ1n) is 4.42. The number of nitrogens with zero attached hydrogens (tertiary/aromatic N) is 1. The van der Waals surface area contributed by atoms with Crippen LogP contribution in [0.25, 0.3) is 0 Å². The summed E-state index contributed by atoms with van der Waals surface area (Å²) in [5.41, 5.74) is 0. The molecule has 0 aliphatic rings. The van der Waals surface area contributed by atoms with Gasteiger partial charge in [-0.15, -0.1) is 22.9 Å². The first-order valence-corrected chi connectivity index (χ1v) is 6.57. The molecule has 0 aromatic carbocycles. The van der Waals surface area contributed by atoms with Crippen LogP contribution < -0.4 is 0 Å². The fourth-order valence-corrected chi connectivity index (χ4v) is 2.97. The minimum atomic E-state index is -2.31. The molecule has 0 bridgehead atoms. The highest BCUT2D eigenvalue weighted by molar-refractivity contribution is 9.11. The molecule has 0 aliphatic heterocycles. The Morgan fingerprint density at radius 1 is 1.47 bits per heavy atom. The highest BCUT2D eigenvalue weighted by Crippen LogP contribution is 2.23. The van der Waals surface area contributed by atoms with Crippen molar-refractivity contribution in [3.05, 3.63) is 20.8 Å². The number of halogens is 4. The van der Waals surface area contributed by atoms with Crippen LogP contribution in [0.15, 0.2) is 15.9 Å². The Labute approximate surface area is 105 Å². The minimum Gasteiger partial charge on any atom is -0.291 e. The van der Waals surface area contributed by atoms with Crippen molar-refractivity contribution >= 4 is 38.9 Å². The third-order valence-corrected chi connectivity index (χ3v) is 3.58. The third-order valence-electron chi connectivity index (χ3n) is 1.81. The molecular formula is C9H11BrClF2NS. The van der Waals surface area contributed by atoms with Gasteiger partial charge in [-0.25, -0.2) is 8.78 Å². The third kappa shape index (κ3) is 5.24. The molecule has 1 aromatic heterocycles. The van der Waals surface area contributed by atoms with Gasteiger partial charge in [0.1, 0.15) is 0 Å². The normalized spacial score (nSPS) is 11.6. The molecule has 0 aliphatic carbocycles. The van der Waals surface area contributed by atoms with Crippen LogP contribution in [0, 0.1) is 0 Å². The molecule has 1 aromatic rings. The highest BCUT2D eigenvalue weighted by atomic mass is 79.9. The van der Waals surface area contributed by atoms with Crippen molar-refractivity contribution in [1.82, 2.24) is 4.90 Å². The van der Waals surface area contributed by atoms with Crippen LogP contribution in [-0.4, -0.2) is 30.3 Å². The molecule has 0 N–H and O–H groups in total. The lowest BCUT2D eigenvalue weighted by molar-refractivity contribution is 0.0883. The molecule has 0 saturated heterocycles. The summed E-state index contributed by atoms with van der Waals surface area (Å²) in [5, 5.41) is 0. The largest absolute Gasteiger partial charge is 0.291 e. The number of alkyl halides is 3. The first-order chi connectivity index (χ1) is 7.11. The second-order valence-corrected chi connectivity index (χ2v) is 5.95. The van der Waals surface area contributed by atoms with E-state index in [9.17, 15) is 8.78 Å². The Morgan fingerprint density at radius 3 is 2.67 bits per heavy atom. The van der Waals surface area contributed by atoms with Crippen LogP contribution in [-0.2, 0) is 6.54 Å². The van der Waals surface area contributed by atoms with E-state index in [-0.39, 0.29) is 6.54 Å². The molecule has 0 spiro atoms. The van der Waals surface area contributed by atoms with E-state index >= 15 is 0 Å². The topological polar surface area (TPSA) is 3.24 Å². The Bertz CT molecular complexity index is 295. The van der Waals surface area contributed by atoms with Gasteiger partial charge in [0.25, 0.3) is 6.43 Å². The van der Waals surface area contributed by atoms with Gasteiger partial charge in [-0.2, -0.15) is 0 Å². The molecule has 0 saturated carbocycles. The zero-order chi connectivity index (χ0) is 11.3. The summed E-state index contributed by atoms with van der Waals surface area (Å²) in [4.78, 5) is 2.73. The molecule has 15 heavy (non-hydrogen) atoms. The van der Waals surface area contributed by atoms with Crippen LogP contribution >= 0.6 is 38.9 Å². The summed E-state index contributed by atoms with van der Waals surface area (Å²) in [6.07, 6.45) is -2.31. The van der Waals surface area contributed by atoms with Crippen LogP contribution in [0.4, 0.5) is 8.78 Å². The molecule has 1 nitrogen and oxygen atoms in total. The van der Waals surface area contributed by atoms with E-state index in [1.807, 2.05) is 12.1 Å². The van der Waals surface area contributed by atoms with Gasteiger partial charge in [0.2, 0.25) is 0 Å². The fourth-order valence-electron chi connectivity index (χ4n) is 1.21. The van der Waals surface area contributed by atoms with Crippen molar-refractivity contribution in [2.75, 3.05) is 19.0 Å². The molecule has 6 heteroatoms. The van der Waals surface area contributed by atoms with Gasteiger partial charge in [0, 0.05) is 23.8 Å². The predicted molar refractivity (Wildman–Crippen MR) is 64.0 cm³/mol. The SMILES string of the molecule is FC(F)CN(CCCl)Cc1ccc(Br)s1. The van der Waals surface area contributed by atoms with Crippen molar-refractivity contribution in [3.8, 4) is 0 Å². The standard InChI is InChI=1S/C9H11BrClF2NS/c10-8-2-1-7(15-8)5-14(4-3-11)6-9(12)13/h1-2,9H,3-6H2. The molecule has 0 unspecified atom stereocenters. The fraction of sp³-hybridized carbons (Fsp3) is 0.556. The van der Waals surface area contributed by atoms with Crippen molar-refractivity contribution < 1.29 is 8.78 Å². The molecule has 0 atom stereocenters. The quantitative estimate of drug-likeness (QED) is 0.721. The number of thiophene rings is 1. The zero-order valence-electron chi connectivity index (χ0n) is 7.93. The van der Waals surface area contributed by atoms with E-state index in [1.165, 1.54) is 0 Å². The van der Waals surface area contributed by atoms with Gasteiger partial charge in [0.15, 0.2) is 0 Å². The lowest BCUT2D eigenvalue weighted by atomic mass is 10.4. The maximum atomic E-state index is 12.2. The number of rotatable bonds is 6. The number of hydrogen-bond acceptors (Lipinski definition) is 2. The van der Waals surface area contributed by atoms with E-state index in [0.29, 0.717) is 19.0 Å². The first kappa shape index (κ1) is 13.4. The molecule has 1 rings (SSSR count). The van der Waals surface area contributed by atoms with E-state index < -0.39 is 6.43 Å². The van der Waals surface area contributed by atoms with Gasteiger partial charge in [0.05, 0.1) is 10.3 Å². The van der Waals surface area contributed by atoms with Gasteiger partial charge < -0.3 is 0 Å². The smallest absolute Gasteiger partial charge is 0.251 e. The Morgan fingerprint density at radius 2 is 2.20 bits per heavy atom. The van der Waals surface area contributed by atoms with Crippen LogP contribution in [0.3, 0.4) is 0 Å². The monoisotopic (exact) mass is 317 g/mol. The van der Waals surface area contributed by atoms with Crippen molar-refractivity contribution in [3.63, 3.8) is 0 Å². The average molecular weight is 319 g/mol. The van der Waals surface area contributed by atoms with E-state index in [1.54, 1.807) is 16.2 Å². The second kappa shape index (κ2) is 6.78. The van der Waals surface area contributed by atoms with Gasteiger partial charge in [-0.3, -0.25) is 4.90 Å². The molecule has 0 radical (unpaired) electrons. The van der Waals surface area contributed by atoms with Crippen molar-refractivity contribution in [2.24, 2.45) is 0 Å². The van der Waals surface area contributed by atoms with E-state index in [2.05, 4.69) is 15.9 Å². The zero-order valence-corrected chi connectivity index (χ0v) is 11.1. The van der Waals surface area contributed by atoms with Gasteiger partial charge in [-0.05, 0) is 28.1 Å². The highest BCUT2D eigenvalue weighted by Gasteiger charge is 2.12. The summed E-state index contributed by atoms with van der Waals surface area (Å²) in [6.45, 7) is 0.803. The van der Waals surface area contributed by atoms with Crippen LogP contribution in [0.1, 0.15) is 4.88 Å². The summed E-state index contributed by atoms with van der Waals surface area (Å²) < 4.78 is 25.5. The van der Waals surface area contributed by atoms with Gasteiger partial charge >= 0.3 is 0 Å².